The van der Waals surface area contributed by atoms with Crippen LogP contribution in [0.25, 0.3) is 6.08 Å². The van der Waals surface area contributed by atoms with Crippen LogP contribution in [0.2, 0.25) is 0 Å². The van der Waals surface area contributed by atoms with Gasteiger partial charge in [0.15, 0.2) is 0 Å². The van der Waals surface area contributed by atoms with Crippen molar-refractivity contribution in [1.82, 2.24) is 0 Å². The average Bonchev–Trinajstić information content (AvgIpc) is 3.07. The molecule has 0 radical (unpaired) electrons. The first-order valence-corrected chi connectivity index (χ1v) is 9.40. The van der Waals surface area contributed by atoms with Crippen LogP contribution < -0.4 is 9.64 Å². The Bertz CT molecular complexity index is 1040. The second-order valence-corrected chi connectivity index (χ2v) is 7.47. The van der Waals surface area contributed by atoms with E-state index in [9.17, 15) is 27.9 Å². The highest BCUT2D eigenvalue weighted by atomic mass is 19.4. The number of ether oxygens (including phenoxy) is 1. The van der Waals surface area contributed by atoms with Crippen LogP contribution >= 0.6 is 0 Å². The predicted octanol–water partition coefficient (Wildman–Crippen LogP) is 4.20. The van der Waals surface area contributed by atoms with Gasteiger partial charge in [-0.2, -0.15) is 0 Å². The number of para-hydroxylation sites is 1. The van der Waals surface area contributed by atoms with Crippen molar-refractivity contribution in [2.75, 3.05) is 11.4 Å². The van der Waals surface area contributed by atoms with E-state index < -0.39 is 12.3 Å². The lowest BCUT2D eigenvalue weighted by molar-refractivity contribution is -0.274. The highest BCUT2D eigenvalue weighted by Crippen LogP contribution is 2.35. The molecule has 4 rings (SSSR count). The van der Waals surface area contributed by atoms with Gasteiger partial charge in [-0.1, -0.05) is 24.3 Å². The number of hydrogen-bond acceptors (Lipinski definition) is 3. The number of fused-ring (bicyclic) bond motifs is 2. The van der Waals surface area contributed by atoms with Crippen LogP contribution in [0.4, 0.5) is 18.9 Å². The third-order valence-corrected chi connectivity index (χ3v) is 5.35. The topological polar surface area (TPSA) is 66.8 Å². The van der Waals surface area contributed by atoms with Crippen LogP contribution in [0.1, 0.15) is 23.1 Å². The minimum atomic E-state index is -4.75. The molecule has 30 heavy (non-hydrogen) atoms. The number of aliphatic carboxylic acids is 1. The lowest BCUT2D eigenvalue weighted by Crippen LogP contribution is -2.37. The van der Waals surface area contributed by atoms with Crippen molar-refractivity contribution in [3.05, 3.63) is 64.7 Å². The van der Waals surface area contributed by atoms with E-state index in [2.05, 4.69) is 4.74 Å². The molecule has 0 spiro atoms. The first kappa shape index (κ1) is 20.0. The molecule has 0 saturated carbocycles. The number of carbonyl (C=O) groups excluding carboxylic acids is 1. The van der Waals surface area contributed by atoms with Crippen molar-refractivity contribution in [1.29, 1.82) is 0 Å². The Hall–Kier alpha value is -3.29. The number of amides is 1. The fraction of sp³-hybridized carbons (Fsp3) is 0.273. The number of halogens is 3. The fourth-order valence-corrected chi connectivity index (χ4v) is 4.08. The van der Waals surface area contributed by atoms with Crippen LogP contribution in [0.5, 0.6) is 5.75 Å². The standard InChI is InChI=1S/C22H18F3NO4/c23-22(24,25)30-18-6-5-14-7-13(8-16(14)11-18)9-20(27)26-12-17(21(28)29)10-15-3-1-2-4-19(15)26/h1-6,10-11,13H,7-9,12H2,(H,28,29). The maximum Gasteiger partial charge on any atom is 0.573 e. The second-order valence-electron chi connectivity index (χ2n) is 7.47. The lowest BCUT2D eigenvalue weighted by Gasteiger charge is -2.29. The zero-order valence-electron chi connectivity index (χ0n) is 15.8. The molecule has 1 heterocycles. The summed E-state index contributed by atoms with van der Waals surface area (Å²) in [5.74, 6) is -1.62. The molecule has 8 heteroatoms. The summed E-state index contributed by atoms with van der Waals surface area (Å²) in [6, 6.07) is 11.3. The van der Waals surface area contributed by atoms with Crippen molar-refractivity contribution < 1.29 is 32.6 Å². The van der Waals surface area contributed by atoms with Gasteiger partial charge >= 0.3 is 12.3 Å². The number of carboxylic acid groups (broad SMARTS) is 1. The summed E-state index contributed by atoms with van der Waals surface area (Å²) in [6.45, 7) is -0.0194. The van der Waals surface area contributed by atoms with Crippen molar-refractivity contribution in [3.8, 4) is 5.75 Å². The molecular weight excluding hydrogens is 399 g/mol. The van der Waals surface area contributed by atoms with Gasteiger partial charge < -0.3 is 14.7 Å². The van der Waals surface area contributed by atoms with Gasteiger partial charge in [0.25, 0.3) is 0 Å². The summed E-state index contributed by atoms with van der Waals surface area (Å²) in [4.78, 5) is 26.0. The number of nitrogens with zero attached hydrogens (tertiary/aromatic N) is 1. The monoisotopic (exact) mass is 417 g/mol. The zero-order valence-corrected chi connectivity index (χ0v) is 15.8. The Morgan fingerprint density at radius 2 is 1.83 bits per heavy atom. The van der Waals surface area contributed by atoms with Gasteiger partial charge in [0.2, 0.25) is 5.91 Å². The van der Waals surface area contributed by atoms with Gasteiger partial charge in [-0.3, -0.25) is 4.79 Å². The van der Waals surface area contributed by atoms with Gasteiger partial charge in [0.1, 0.15) is 5.75 Å². The normalized spacial score (nSPS) is 17.8. The molecule has 1 N–H and O–H groups in total. The van der Waals surface area contributed by atoms with E-state index in [1.165, 1.54) is 17.0 Å². The van der Waals surface area contributed by atoms with Crippen molar-refractivity contribution in [2.24, 2.45) is 5.92 Å². The van der Waals surface area contributed by atoms with Crippen molar-refractivity contribution >= 4 is 23.6 Å². The lowest BCUT2D eigenvalue weighted by atomic mass is 9.98. The number of alkyl halides is 3. The molecule has 0 aromatic heterocycles. The number of anilines is 1. The molecule has 156 valence electrons. The minimum Gasteiger partial charge on any atom is -0.478 e. The summed E-state index contributed by atoms with van der Waals surface area (Å²) < 4.78 is 41.3. The van der Waals surface area contributed by atoms with Crippen molar-refractivity contribution in [3.63, 3.8) is 0 Å². The molecule has 1 unspecified atom stereocenters. The van der Waals surface area contributed by atoms with E-state index in [4.69, 9.17) is 0 Å². The average molecular weight is 417 g/mol. The van der Waals surface area contributed by atoms with Gasteiger partial charge in [0, 0.05) is 6.42 Å². The molecule has 0 bridgehead atoms. The summed E-state index contributed by atoms with van der Waals surface area (Å²) in [5, 5.41) is 9.37. The maximum absolute atomic E-state index is 13.0. The molecule has 1 amide bonds. The first-order valence-electron chi connectivity index (χ1n) is 9.40. The number of carbonyl (C=O) groups is 2. The largest absolute Gasteiger partial charge is 0.573 e. The SMILES string of the molecule is O=C(O)C1=Cc2ccccc2N(C(=O)CC2Cc3ccc(OC(F)(F)F)cc3C2)C1. The van der Waals surface area contributed by atoms with Crippen molar-refractivity contribution in [2.45, 2.75) is 25.6 Å². The summed E-state index contributed by atoms with van der Waals surface area (Å²) in [7, 11) is 0. The van der Waals surface area contributed by atoms with Gasteiger partial charge in [-0.15, -0.1) is 13.2 Å². The summed E-state index contributed by atoms with van der Waals surface area (Å²) in [6.07, 6.45) is -1.97. The molecule has 0 fully saturated rings. The molecule has 2 aromatic rings. The fourth-order valence-electron chi connectivity index (χ4n) is 4.08. The van der Waals surface area contributed by atoms with E-state index in [1.54, 1.807) is 36.4 Å². The molecule has 1 aliphatic heterocycles. The molecular formula is C22H18F3NO4. The number of rotatable bonds is 4. The third kappa shape index (κ3) is 4.17. The van der Waals surface area contributed by atoms with Crippen LogP contribution in [0.3, 0.4) is 0 Å². The van der Waals surface area contributed by atoms with Crippen LogP contribution in [-0.4, -0.2) is 29.9 Å². The van der Waals surface area contributed by atoms with E-state index >= 15 is 0 Å². The van der Waals surface area contributed by atoms with Gasteiger partial charge in [-0.05, 0) is 59.7 Å². The third-order valence-electron chi connectivity index (χ3n) is 5.35. The number of hydrogen-bond donors (Lipinski definition) is 1. The summed E-state index contributed by atoms with van der Waals surface area (Å²) >= 11 is 0. The van der Waals surface area contributed by atoms with Crippen LogP contribution in [-0.2, 0) is 22.4 Å². The Labute approximate surface area is 170 Å². The Balaban J connectivity index is 1.48. The summed E-state index contributed by atoms with van der Waals surface area (Å²) in [5.41, 5.74) is 3.08. The van der Waals surface area contributed by atoms with E-state index in [-0.39, 0.29) is 36.1 Å². The predicted molar refractivity (Wildman–Crippen MR) is 103 cm³/mol. The molecule has 2 aromatic carbocycles. The maximum atomic E-state index is 13.0. The van der Waals surface area contributed by atoms with Gasteiger partial charge in [0.05, 0.1) is 17.8 Å². The number of benzene rings is 2. The molecule has 5 nitrogen and oxygen atoms in total. The van der Waals surface area contributed by atoms with E-state index in [1.807, 2.05) is 0 Å². The molecule has 1 atom stereocenters. The smallest absolute Gasteiger partial charge is 0.478 e. The molecule has 1 aliphatic carbocycles. The van der Waals surface area contributed by atoms with E-state index in [0.717, 1.165) is 11.1 Å². The first-order chi connectivity index (χ1) is 14.2. The Kier molecular flexibility index (Phi) is 5.01. The number of carboxylic acids is 1. The van der Waals surface area contributed by atoms with E-state index in [0.29, 0.717) is 24.1 Å². The van der Waals surface area contributed by atoms with Crippen LogP contribution in [0.15, 0.2) is 48.0 Å². The highest BCUT2D eigenvalue weighted by molar-refractivity contribution is 6.03. The quantitative estimate of drug-likeness (QED) is 0.810. The zero-order chi connectivity index (χ0) is 21.5. The minimum absolute atomic E-state index is 0.0194. The molecule has 2 aliphatic rings. The Morgan fingerprint density at radius 1 is 1.10 bits per heavy atom. The van der Waals surface area contributed by atoms with Gasteiger partial charge in [-0.25, -0.2) is 4.79 Å². The van der Waals surface area contributed by atoms with Crippen LogP contribution in [0, 0.1) is 5.92 Å². The Morgan fingerprint density at radius 3 is 2.57 bits per heavy atom. The highest BCUT2D eigenvalue weighted by Gasteiger charge is 2.33. The second kappa shape index (κ2) is 7.51. The molecule has 0 saturated heterocycles.